The number of hydrogen-bond acceptors (Lipinski definition) is 8. The molecule has 9 nitrogen and oxygen atoms in total. The van der Waals surface area contributed by atoms with E-state index in [-0.39, 0.29) is 25.0 Å². The molecule has 2 aromatic rings. The summed E-state index contributed by atoms with van der Waals surface area (Å²) in [6, 6.07) is 14.1. The molecule has 9 heteroatoms. The highest BCUT2D eigenvalue weighted by atomic mass is 16.5. The number of primary amides is 1. The summed E-state index contributed by atoms with van der Waals surface area (Å²) in [6.45, 7) is 3.38. The quantitative estimate of drug-likeness (QED) is 0.307. The number of methoxy groups -OCH3 is 2. The van der Waals surface area contributed by atoms with Crippen molar-refractivity contribution in [3.8, 4) is 17.2 Å². The number of nitrogens with one attached hydrogen (secondary N) is 1. The van der Waals surface area contributed by atoms with Crippen LogP contribution in [0, 0.1) is 0 Å². The molecule has 2 aromatic carbocycles. The van der Waals surface area contributed by atoms with Crippen molar-refractivity contribution in [2.45, 2.75) is 69.2 Å². The summed E-state index contributed by atoms with van der Waals surface area (Å²) < 4.78 is 23.0. The maximum absolute atomic E-state index is 11.0. The van der Waals surface area contributed by atoms with Crippen LogP contribution in [0.4, 0.5) is 0 Å². The zero-order chi connectivity index (χ0) is 28.3. The second-order valence-electron chi connectivity index (χ2n) is 10.8. The average Bonchev–Trinajstić information content (AvgIpc) is 3.44. The van der Waals surface area contributed by atoms with Gasteiger partial charge >= 0.3 is 0 Å². The first-order chi connectivity index (χ1) is 19.4. The number of benzene rings is 2. The largest absolute Gasteiger partial charge is 0.493 e. The molecule has 0 aromatic heterocycles. The molecule has 2 fully saturated rings. The molecule has 4 atom stereocenters. The van der Waals surface area contributed by atoms with Crippen molar-refractivity contribution in [3.05, 3.63) is 53.6 Å². The Kier molecular flexibility index (Phi) is 11.5. The molecule has 1 aliphatic carbocycles. The normalized spacial score (nSPS) is 22.1. The molecule has 0 bridgehead atoms. The number of amides is 1. The van der Waals surface area contributed by atoms with Crippen LogP contribution in [-0.4, -0.2) is 87.3 Å². The molecule has 4 N–H and O–H groups in total. The molecule has 40 heavy (non-hydrogen) atoms. The van der Waals surface area contributed by atoms with Crippen LogP contribution in [-0.2, 0) is 22.4 Å². The van der Waals surface area contributed by atoms with Crippen molar-refractivity contribution in [2.24, 2.45) is 5.73 Å². The minimum Gasteiger partial charge on any atom is -0.493 e. The zero-order valence-electron chi connectivity index (χ0n) is 23.8. The molecule has 1 saturated carbocycles. The fraction of sp³-hybridized carbons (Fsp3) is 0.581. The lowest BCUT2D eigenvalue weighted by Gasteiger charge is -2.38. The summed E-state index contributed by atoms with van der Waals surface area (Å²) >= 11 is 0. The molecule has 220 valence electrons. The smallest absolute Gasteiger partial charge is 0.221 e. The molecule has 0 radical (unpaired) electrons. The number of aliphatic hydroxyl groups excluding tert-OH is 1. The molecule has 4 rings (SSSR count). The van der Waals surface area contributed by atoms with Crippen molar-refractivity contribution in [3.63, 3.8) is 0 Å². The van der Waals surface area contributed by atoms with E-state index < -0.39 is 6.10 Å². The van der Waals surface area contributed by atoms with E-state index in [1.54, 1.807) is 26.4 Å². The number of likely N-dealkylation sites (tertiary alicyclic amines) is 1. The van der Waals surface area contributed by atoms with Gasteiger partial charge in [0.1, 0.15) is 18.5 Å². The second-order valence-corrected chi connectivity index (χ2v) is 10.8. The lowest BCUT2D eigenvalue weighted by molar-refractivity contribution is -0.117. The lowest BCUT2D eigenvalue weighted by atomic mass is 9.91. The predicted molar refractivity (Wildman–Crippen MR) is 154 cm³/mol. The lowest BCUT2D eigenvalue weighted by Crippen LogP contribution is -2.47. The highest BCUT2D eigenvalue weighted by Gasteiger charge is 2.35. The molecular formula is C31H45N3O6. The molecule has 1 amide bonds. The van der Waals surface area contributed by atoms with Crippen molar-refractivity contribution in [2.75, 3.05) is 47.1 Å². The molecule has 0 spiro atoms. The highest BCUT2D eigenvalue weighted by Crippen LogP contribution is 2.30. The Balaban J connectivity index is 1.17. The van der Waals surface area contributed by atoms with E-state index in [2.05, 4.69) is 16.3 Å². The fourth-order valence-electron chi connectivity index (χ4n) is 5.77. The topological polar surface area (TPSA) is 116 Å². The first kappa shape index (κ1) is 30.1. The molecule has 1 saturated heterocycles. The predicted octanol–water partition coefficient (Wildman–Crippen LogP) is 2.71. The van der Waals surface area contributed by atoms with Crippen LogP contribution in [0.2, 0.25) is 0 Å². The van der Waals surface area contributed by atoms with Gasteiger partial charge in [-0.1, -0.05) is 31.0 Å². The number of nitrogens with two attached hydrogens (primary N) is 1. The van der Waals surface area contributed by atoms with E-state index in [9.17, 15) is 9.90 Å². The Morgan fingerprint density at radius 1 is 1.05 bits per heavy atom. The SMILES string of the molecule is COc1ccc(CCO[C@@H]2CCCC[C@@H]2N2CC[C@@H](NCC(O)COc3ccc(CC(N)=O)cc3)C2)cc1OC. The van der Waals surface area contributed by atoms with Gasteiger partial charge < -0.3 is 35.1 Å². The van der Waals surface area contributed by atoms with Crippen molar-refractivity contribution >= 4 is 5.91 Å². The van der Waals surface area contributed by atoms with Crippen molar-refractivity contribution < 1.29 is 28.8 Å². The Labute approximate surface area is 237 Å². The zero-order valence-corrected chi connectivity index (χ0v) is 23.8. The van der Waals surface area contributed by atoms with Gasteiger partial charge in [-0.2, -0.15) is 0 Å². The standard InChI is InChI=1S/C31H45N3O6/c1-37-29-12-9-23(17-30(29)38-2)14-16-39-28-6-4-3-5-27(28)34-15-13-24(20-34)33-19-25(35)21-40-26-10-7-22(8-11-26)18-31(32)36/h7-12,17,24-25,27-28,33,35H,3-6,13-16,18-21H2,1-2H3,(H2,32,36)/t24-,25?,27+,28-/m1/s1. The van der Waals surface area contributed by atoms with Gasteiger partial charge in [-0.05, 0) is 61.1 Å². The van der Waals surface area contributed by atoms with Crippen LogP contribution in [0.15, 0.2) is 42.5 Å². The monoisotopic (exact) mass is 555 g/mol. The number of aliphatic hydroxyl groups is 1. The van der Waals surface area contributed by atoms with E-state index in [4.69, 9.17) is 24.7 Å². The van der Waals surface area contributed by atoms with Gasteiger partial charge in [0.05, 0.1) is 33.4 Å². The van der Waals surface area contributed by atoms with Crippen LogP contribution < -0.4 is 25.3 Å². The number of ether oxygens (including phenoxy) is 4. The maximum Gasteiger partial charge on any atom is 0.221 e. The van der Waals surface area contributed by atoms with Gasteiger partial charge in [0.15, 0.2) is 11.5 Å². The number of rotatable bonds is 15. The minimum atomic E-state index is -0.610. The first-order valence-corrected chi connectivity index (χ1v) is 14.4. The third kappa shape index (κ3) is 8.83. The van der Waals surface area contributed by atoms with E-state index in [1.165, 1.54) is 24.8 Å². The van der Waals surface area contributed by atoms with E-state index >= 15 is 0 Å². The van der Waals surface area contributed by atoms with Gasteiger partial charge in [-0.3, -0.25) is 9.69 Å². The molecule has 1 unspecified atom stereocenters. The minimum absolute atomic E-state index is 0.206. The van der Waals surface area contributed by atoms with Crippen LogP contribution in [0.3, 0.4) is 0 Å². The van der Waals surface area contributed by atoms with E-state index in [0.717, 1.165) is 49.4 Å². The Morgan fingerprint density at radius 3 is 2.55 bits per heavy atom. The van der Waals surface area contributed by atoms with Gasteiger partial charge in [-0.25, -0.2) is 0 Å². The van der Waals surface area contributed by atoms with Crippen LogP contribution in [0.1, 0.15) is 43.2 Å². The number of nitrogens with zero attached hydrogens (tertiary/aromatic N) is 1. The second kappa shape index (κ2) is 15.2. The highest BCUT2D eigenvalue weighted by molar-refractivity contribution is 5.76. The molecule has 1 aliphatic heterocycles. The number of hydrogen-bond donors (Lipinski definition) is 3. The Bertz CT molecular complexity index is 1070. The summed E-state index contributed by atoms with van der Waals surface area (Å²) in [5.74, 6) is 1.79. The Hall–Kier alpha value is -2.85. The van der Waals surface area contributed by atoms with Crippen LogP contribution in [0.25, 0.3) is 0 Å². The molecule has 1 heterocycles. The summed E-state index contributed by atoms with van der Waals surface area (Å²) in [7, 11) is 3.31. The van der Waals surface area contributed by atoms with Crippen LogP contribution in [0.5, 0.6) is 17.2 Å². The maximum atomic E-state index is 11.0. The van der Waals surface area contributed by atoms with Crippen molar-refractivity contribution in [1.29, 1.82) is 0 Å². The third-order valence-electron chi connectivity index (χ3n) is 7.91. The van der Waals surface area contributed by atoms with Gasteiger partial charge in [0, 0.05) is 31.7 Å². The van der Waals surface area contributed by atoms with E-state index in [0.29, 0.717) is 31.0 Å². The van der Waals surface area contributed by atoms with Gasteiger partial charge in [0.25, 0.3) is 0 Å². The number of carbonyl (C=O) groups is 1. The number of carbonyl (C=O) groups excluding carboxylic acids is 1. The third-order valence-corrected chi connectivity index (χ3v) is 7.91. The van der Waals surface area contributed by atoms with Crippen molar-refractivity contribution in [1.82, 2.24) is 10.2 Å². The summed E-state index contributed by atoms with van der Waals surface area (Å²) in [6.07, 6.45) is 6.48. The summed E-state index contributed by atoms with van der Waals surface area (Å²) in [5, 5.41) is 14.0. The van der Waals surface area contributed by atoms with Gasteiger partial charge in [0.2, 0.25) is 5.91 Å². The Morgan fingerprint density at radius 2 is 1.80 bits per heavy atom. The molecule has 2 aliphatic rings. The first-order valence-electron chi connectivity index (χ1n) is 14.4. The average molecular weight is 556 g/mol. The summed E-state index contributed by atoms with van der Waals surface area (Å²) in [4.78, 5) is 13.6. The molecular weight excluding hydrogens is 510 g/mol. The van der Waals surface area contributed by atoms with Gasteiger partial charge in [-0.15, -0.1) is 0 Å². The van der Waals surface area contributed by atoms with E-state index in [1.807, 2.05) is 24.3 Å². The van der Waals surface area contributed by atoms with Crippen LogP contribution >= 0.6 is 0 Å². The fourth-order valence-corrected chi connectivity index (χ4v) is 5.77. The summed E-state index contributed by atoms with van der Waals surface area (Å²) in [5.41, 5.74) is 7.26.